The predicted molar refractivity (Wildman–Crippen MR) is 159 cm³/mol. The van der Waals surface area contributed by atoms with Crippen LogP contribution in [0.15, 0.2) is 30.0 Å². The zero-order valence-corrected chi connectivity index (χ0v) is 26.1. The van der Waals surface area contributed by atoms with E-state index in [0.29, 0.717) is 62.8 Å². The number of rotatable bonds is 9. The molecule has 5 rings (SSSR count). The fourth-order valence-electron chi connectivity index (χ4n) is 7.17. The lowest BCUT2D eigenvalue weighted by Crippen LogP contribution is -2.57. The summed E-state index contributed by atoms with van der Waals surface area (Å²) >= 11 is 0. The number of piperidine rings is 1. The maximum Gasteiger partial charge on any atom is 0.317 e. The number of nitrogens with zero attached hydrogens (tertiary/aromatic N) is 3. The third-order valence-electron chi connectivity index (χ3n) is 9.56. The maximum absolute atomic E-state index is 14.1. The Bertz CT molecular complexity index is 1300. The van der Waals surface area contributed by atoms with Gasteiger partial charge in [-0.1, -0.05) is 26.0 Å². The molecule has 0 N–H and O–H groups in total. The Morgan fingerprint density at radius 3 is 2.26 bits per heavy atom. The lowest BCUT2D eigenvalue weighted by Gasteiger charge is -2.51. The highest BCUT2D eigenvalue weighted by Crippen LogP contribution is 2.55. The molecule has 1 aromatic rings. The number of esters is 1. The first-order chi connectivity index (χ1) is 20.5. The molecule has 2 heterocycles. The van der Waals surface area contributed by atoms with Crippen LogP contribution in [0.3, 0.4) is 0 Å². The number of benzene rings is 1. The lowest BCUT2D eigenvalue weighted by molar-refractivity contribution is -0.163. The van der Waals surface area contributed by atoms with E-state index in [1.807, 2.05) is 29.2 Å². The van der Waals surface area contributed by atoms with Crippen LogP contribution in [0.4, 0.5) is 0 Å². The van der Waals surface area contributed by atoms with Gasteiger partial charge in [0.05, 0.1) is 21.3 Å². The smallest absolute Gasteiger partial charge is 0.317 e. The number of piperazine rings is 1. The molecule has 0 bridgehead atoms. The minimum Gasteiger partial charge on any atom is -0.493 e. The predicted octanol–water partition coefficient (Wildman–Crippen LogP) is 3.43. The van der Waals surface area contributed by atoms with Crippen LogP contribution < -0.4 is 9.47 Å². The summed E-state index contributed by atoms with van der Waals surface area (Å²) < 4.78 is 16.2. The molecule has 10 heteroatoms. The van der Waals surface area contributed by atoms with Crippen molar-refractivity contribution in [2.75, 3.05) is 54.1 Å². The number of likely N-dealkylation sites (tertiary alicyclic amines) is 1. The monoisotopic (exact) mass is 595 g/mol. The number of methoxy groups -OCH3 is 3. The summed E-state index contributed by atoms with van der Waals surface area (Å²) in [6.07, 6.45) is 6.00. The quantitative estimate of drug-likeness (QED) is 0.403. The van der Waals surface area contributed by atoms with Gasteiger partial charge in [-0.2, -0.15) is 0 Å². The van der Waals surface area contributed by atoms with Crippen LogP contribution in [0.2, 0.25) is 0 Å². The van der Waals surface area contributed by atoms with Crippen LogP contribution in [0, 0.1) is 22.7 Å². The first-order valence-electron chi connectivity index (χ1n) is 15.4. The fraction of sp³-hybridized carbons (Fsp3) is 0.636. The summed E-state index contributed by atoms with van der Waals surface area (Å²) in [6, 6.07) is 5.68. The molecule has 3 amide bonds. The van der Waals surface area contributed by atoms with Crippen molar-refractivity contribution in [1.29, 1.82) is 0 Å². The minimum absolute atomic E-state index is 0.0225. The van der Waals surface area contributed by atoms with Gasteiger partial charge in [-0.3, -0.25) is 19.2 Å². The Balaban J connectivity index is 1.37. The third kappa shape index (κ3) is 6.24. The number of hydrogen-bond donors (Lipinski definition) is 0. The second-order valence-corrected chi connectivity index (χ2v) is 13.2. The van der Waals surface area contributed by atoms with E-state index in [0.717, 1.165) is 24.8 Å². The number of carbonyl (C=O) groups excluding carboxylic acids is 4. The van der Waals surface area contributed by atoms with Crippen LogP contribution in [0.25, 0.3) is 0 Å². The van der Waals surface area contributed by atoms with Gasteiger partial charge in [-0.25, -0.2) is 0 Å². The molecule has 2 atom stereocenters. The van der Waals surface area contributed by atoms with Crippen molar-refractivity contribution >= 4 is 23.7 Å². The Morgan fingerprint density at radius 2 is 1.63 bits per heavy atom. The molecule has 43 heavy (non-hydrogen) atoms. The Morgan fingerprint density at radius 1 is 0.953 bits per heavy atom. The van der Waals surface area contributed by atoms with Crippen LogP contribution in [-0.4, -0.2) is 92.4 Å². The Hall–Kier alpha value is -3.56. The van der Waals surface area contributed by atoms with Crippen molar-refractivity contribution in [3.8, 4) is 11.5 Å². The van der Waals surface area contributed by atoms with E-state index < -0.39 is 11.3 Å². The highest BCUT2D eigenvalue weighted by atomic mass is 16.5. The van der Waals surface area contributed by atoms with Gasteiger partial charge in [0.2, 0.25) is 17.7 Å². The molecule has 2 aliphatic carbocycles. The van der Waals surface area contributed by atoms with E-state index in [2.05, 4.69) is 13.8 Å². The number of allylic oxidation sites excluding steroid dienone is 1. The molecule has 0 spiro atoms. The first-order valence-corrected chi connectivity index (χ1v) is 15.4. The maximum atomic E-state index is 14.1. The summed E-state index contributed by atoms with van der Waals surface area (Å²) in [7, 11) is 4.56. The molecule has 2 saturated heterocycles. The van der Waals surface area contributed by atoms with Crippen molar-refractivity contribution in [2.45, 2.75) is 58.8 Å². The molecule has 3 fully saturated rings. The standard InChI is InChI=1S/C33H45N3O7/c1-32(2)12-10-27-33(21-32,31(40)43-5)20-24(19-28(37)34-14-16-35(17-15-34)29(38)23-7-8-23)30(39)36(27)13-11-22-6-9-25(41-3)26(18-22)42-4/h6,9-10,18,23-24H,7-8,11-17,19-21H2,1-5H3/t24-,33-/m1/s1. The molecule has 2 aliphatic heterocycles. The highest BCUT2D eigenvalue weighted by Gasteiger charge is 2.57. The van der Waals surface area contributed by atoms with Crippen molar-refractivity contribution in [1.82, 2.24) is 14.7 Å². The molecule has 4 aliphatic rings. The molecule has 1 saturated carbocycles. The normalized spacial score (nSPS) is 25.0. The average molecular weight is 596 g/mol. The minimum atomic E-state index is -1.01. The summed E-state index contributed by atoms with van der Waals surface area (Å²) in [5.74, 6) is 0.311. The summed E-state index contributed by atoms with van der Waals surface area (Å²) in [6.45, 7) is 6.56. The second kappa shape index (κ2) is 12.2. The molecule has 0 aromatic heterocycles. The molecule has 234 valence electrons. The fourth-order valence-corrected chi connectivity index (χ4v) is 7.17. The molecule has 0 radical (unpaired) electrons. The first kappa shape index (κ1) is 30.9. The van der Waals surface area contributed by atoms with E-state index in [9.17, 15) is 19.2 Å². The van der Waals surface area contributed by atoms with E-state index in [1.165, 1.54) is 7.11 Å². The SMILES string of the molecule is COC(=O)[C@@]12C[C@@H](CC(=O)N3CCN(C(=O)C4CC4)CC3)C(=O)N(CCc3ccc(OC)c(OC)c3)C1=CCC(C)(C)C2. The van der Waals surface area contributed by atoms with Crippen molar-refractivity contribution in [2.24, 2.45) is 22.7 Å². The molecular formula is C33H45N3O7. The largest absolute Gasteiger partial charge is 0.493 e. The van der Waals surface area contributed by atoms with Gasteiger partial charge in [0.1, 0.15) is 5.41 Å². The van der Waals surface area contributed by atoms with Gasteiger partial charge in [0.15, 0.2) is 11.5 Å². The molecule has 1 aromatic carbocycles. The van der Waals surface area contributed by atoms with Gasteiger partial charge < -0.3 is 28.9 Å². The van der Waals surface area contributed by atoms with Crippen LogP contribution in [-0.2, 0) is 30.3 Å². The van der Waals surface area contributed by atoms with Crippen molar-refractivity contribution < 1.29 is 33.4 Å². The number of amides is 3. The zero-order valence-electron chi connectivity index (χ0n) is 26.1. The summed E-state index contributed by atoms with van der Waals surface area (Å²) in [5, 5.41) is 0. The summed E-state index contributed by atoms with van der Waals surface area (Å²) in [4.78, 5) is 59.2. The van der Waals surface area contributed by atoms with Gasteiger partial charge in [0.25, 0.3) is 0 Å². The number of fused-ring (bicyclic) bond motifs is 1. The lowest BCUT2D eigenvalue weighted by atomic mass is 9.59. The molecule has 0 unspecified atom stereocenters. The zero-order chi connectivity index (χ0) is 30.9. The van der Waals surface area contributed by atoms with Crippen LogP contribution in [0.5, 0.6) is 11.5 Å². The van der Waals surface area contributed by atoms with Gasteiger partial charge in [0, 0.05) is 56.7 Å². The van der Waals surface area contributed by atoms with E-state index >= 15 is 0 Å². The van der Waals surface area contributed by atoms with Gasteiger partial charge in [-0.05, 0) is 61.6 Å². The van der Waals surface area contributed by atoms with Crippen molar-refractivity contribution in [3.05, 3.63) is 35.5 Å². The van der Waals surface area contributed by atoms with Crippen LogP contribution in [0.1, 0.15) is 57.9 Å². The van der Waals surface area contributed by atoms with E-state index in [1.54, 1.807) is 24.0 Å². The number of ether oxygens (including phenoxy) is 3. The summed E-state index contributed by atoms with van der Waals surface area (Å²) in [5.41, 5.74) is 0.469. The van der Waals surface area contributed by atoms with E-state index in [-0.39, 0.29) is 47.9 Å². The topological polar surface area (TPSA) is 106 Å². The Kier molecular flexibility index (Phi) is 8.77. The number of hydrogen-bond acceptors (Lipinski definition) is 7. The van der Waals surface area contributed by atoms with Crippen LogP contribution >= 0.6 is 0 Å². The second-order valence-electron chi connectivity index (χ2n) is 13.2. The Labute approximate surface area is 254 Å². The van der Waals surface area contributed by atoms with E-state index in [4.69, 9.17) is 14.2 Å². The average Bonchev–Trinajstić information content (AvgIpc) is 3.85. The van der Waals surface area contributed by atoms with Gasteiger partial charge >= 0.3 is 5.97 Å². The van der Waals surface area contributed by atoms with Gasteiger partial charge in [-0.15, -0.1) is 0 Å². The molecular weight excluding hydrogens is 550 g/mol. The highest BCUT2D eigenvalue weighted by molar-refractivity contribution is 5.92. The molecule has 10 nitrogen and oxygen atoms in total. The third-order valence-corrected chi connectivity index (χ3v) is 9.56. The number of carbonyl (C=O) groups is 4. The van der Waals surface area contributed by atoms with Crippen molar-refractivity contribution in [3.63, 3.8) is 0 Å².